The molecule has 0 aromatic heterocycles. The lowest BCUT2D eigenvalue weighted by Crippen LogP contribution is -2.51. The first kappa shape index (κ1) is 13.9. The van der Waals surface area contributed by atoms with Crippen molar-refractivity contribution < 1.29 is 14.2 Å². The molecule has 1 fully saturated rings. The maximum atomic E-state index is 5.61. The summed E-state index contributed by atoms with van der Waals surface area (Å²) in [5, 5.41) is 0. The average molecular weight is 232 g/mol. The van der Waals surface area contributed by atoms with E-state index in [1.807, 2.05) is 0 Å². The second-order valence-electron chi connectivity index (χ2n) is 4.14. The highest BCUT2D eigenvalue weighted by molar-refractivity contribution is 4.77. The molecule has 1 aliphatic rings. The van der Waals surface area contributed by atoms with Gasteiger partial charge in [0.1, 0.15) is 0 Å². The predicted molar refractivity (Wildman–Crippen MR) is 62.5 cm³/mol. The monoisotopic (exact) mass is 232 g/mol. The molecular formula is C11H24N2O3. The van der Waals surface area contributed by atoms with E-state index in [-0.39, 0.29) is 6.10 Å². The lowest BCUT2D eigenvalue weighted by Gasteiger charge is -2.37. The molecule has 2 unspecified atom stereocenters. The summed E-state index contributed by atoms with van der Waals surface area (Å²) in [6, 6.07) is 0.453. The Balaban J connectivity index is 2.13. The summed E-state index contributed by atoms with van der Waals surface area (Å²) in [5.41, 5.74) is 5.61. The Hall–Kier alpha value is -0.200. The molecule has 0 aromatic carbocycles. The Kier molecular flexibility index (Phi) is 6.91. The number of methoxy groups -OCH3 is 1. The molecule has 5 heteroatoms. The molecule has 1 saturated heterocycles. The fourth-order valence-electron chi connectivity index (χ4n) is 1.76. The van der Waals surface area contributed by atoms with Gasteiger partial charge in [0, 0.05) is 32.8 Å². The topological polar surface area (TPSA) is 57.0 Å². The third kappa shape index (κ3) is 4.76. The maximum absolute atomic E-state index is 5.61. The minimum Gasteiger partial charge on any atom is -0.382 e. The zero-order chi connectivity index (χ0) is 11.8. The first-order valence-corrected chi connectivity index (χ1v) is 5.90. The fourth-order valence-corrected chi connectivity index (χ4v) is 1.76. The molecule has 0 bridgehead atoms. The predicted octanol–water partition coefficient (Wildman–Crippen LogP) is -0.303. The van der Waals surface area contributed by atoms with Crippen LogP contribution in [0.1, 0.15) is 6.92 Å². The number of morpholine rings is 1. The zero-order valence-electron chi connectivity index (χ0n) is 10.4. The number of rotatable bonds is 7. The summed E-state index contributed by atoms with van der Waals surface area (Å²) in [6.45, 7) is 7.43. The highest BCUT2D eigenvalue weighted by atomic mass is 16.5. The van der Waals surface area contributed by atoms with E-state index in [1.165, 1.54) is 0 Å². The second-order valence-corrected chi connectivity index (χ2v) is 4.14. The van der Waals surface area contributed by atoms with E-state index in [9.17, 15) is 0 Å². The van der Waals surface area contributed by atoms with Crippen molar-refractivity contribution in [2.75, 3.05) is 53.2 Å². The number of nitrogens with two attached hydrogens (primary N) is 1. The van der Waals surface area contributed by atoms with E-state index >= 15 is 0 Å². The van der Waals surface area contributed by atoms with Gasteiger partial charge in [-0.15, -0.1) is 0 Å². The van der Waals surface area contributed by atoms with Gasteiger partial charge in [0.25, 0.3) is 0 Å². The van der Waals surface area contributed by atoms with Crippen molar-refractivity contribution in [2.24, 2.45) is 5.73 Å². The summed E-state index contributed by atoms with van der Waals surface area (Å²) in [4.78, 5) is 2.37. The van der Waals surface area contributed by atoms with Crippen LogP contribution in [0.3, 0.4) is 0 Å². The van der Waals surface area contributed by atoms with Crippen molar-refractivity contribution in [3.05, 3.63) is 0 Å². The van der Waals surface area contributed by atoms with Crippen molar-refractivity contribution in [3.63, 3.8) is 0 Å². The minimum atomic E-state index is 0.176. The third-order valence-electron chi connectivity index (χ3n) is 2.85. The Bertz CT molecular complexity index is 181. The summed E-state index contributed by atoms with van der Waals surface area (Å²) in [5.74, 6) is 0. The molecule has 2 N–H and O–H groups in total. The molecule has 0 radical (unpaired) electrons. The Morgan fingerprint density at radius 2 is 2.19 bits per heavy atom. The van der Waals surface area contributed by atoms with Crippen LogP contribution >= 0.6 is 0 Å². The number of nitrogens with zero attached hydrogens (tertiary/aromatic N) is 1. The molecule has 0 saturated carbocycles. The van der Waals surface area contributed by atoms with E-state index in [1.54, 1.807) is 7.11 Å². The molecule has 0 spiro atoms. The van der Waals surface area contributed by atoms with E-state index in [0.29, 0.717) is 25.8 Å². The van der Waals surface area contributed by atoms with Crippen LogP contribution in [0.4, 0.5) is 0 Å². The van der Waals surface area contributed by atoms with Gasteiger partial charge in [-0.1, -0.05) is 0 Å². The summed E-state index contributed by atoms with van der Waals surface area (Å²) >= 11 is 0. The molecule has 1 aliphatic heterocycles. The van der Waals surface area contributed by atoms with Gasteiger partial charge in [-0.2, -0.15) is 0 Å². The van der Waals surface area contributed by atoms with Gasteiger partial charge in [-0.05, 0) is 6.92 Å². The highest BCUT2D eigenvalue weighted by Gasteiger charge is 2.24. The lowest BCUT2D eigenvalue weighted by molar-refractivity contribution is -0.0619. The molecule has 16 heavy (non-hydrogen) atoms. The van der Waals surface area contributed by atoms with Crippen LogP contribution in [-0.4, -0.2) is 70.2 Å². The van der Waals surface area contributed by atoms with Crippen LogP contribution in [0, 0.1) is 0 Å². The van der Waals surface area contributed by atoms with Crippen LogP contribution < -0.4 is 5.73 Å². The van der Waals surface area contributed by atoms with Crippen LogP contribution in [0.25, 0.3) is 0 Å². The third-order valence-corrected chi connectivity index (χ3v) is 2.85. The van der Waals surface area contributed by atoms with Crippen LogP contribution in [0.15, 0.2) is 0 Å². The zero-order valence-corrected chi connectivity index (χ0v) is 10.4. The SMILES string of the molecule is COCCOCCN1CC(CN)OCC1C. The van der Waals surface area contributed by atoms with Gasteiger partial charge in [0.2, 0.25) is 0 Å². The van der Waals surface area contributed by atoms with Gasteiger partial charge in [-0.3, -0.25) is 4.90 Å². The molecule has 5 nitrogen and oxygen atoms in total. The molecule has 1 heterocycles. The summed E-state index contributed by atoms with van der Waals surface area (Å²) in [6.07, 6.45) is 0.176. The molecule has 1 rings (SSSR count). The van der Waals surface area contributed by atoms with Crippen molar-refractivity contribution in [2.45, 2.75) is 19.1 Å². The smallest absolute Gasteiger partial charge is 0.0824 e. The van der Waals surface area contributed by atoms with E-state index in [4.69, 9.17) is 19.9 Å². The molecule has 0 aromatic rings. The maximum Gasteiger partial charge on any atom is 0.0824 e. The minimum absolute atomic E-state index is 0.176. The summed E-state index contributed by atoms with van der Waals surface area (Å²) in [7, 11) is 1.68. The van der Waals surface area contributed by atoms with Gasteiger partial charge in [0.15, 0.2) is 0 Å². The molecule has 2 atom stereocenters. The van der Waals surface area contributed by atoms with Crippen LogP contribution in [-0.2, 0) is 14.2 Å². The van der Waals surface area contributed by atoms with E-state index in [2.05, 4.69) is 11.8 Å². The van der Waals surface area contributed by atoms with Gasteiger partial charge in [0.05, 0.1) is 32.5 Å². The Morgan fingerprint density at radius 1 is 1.38 bits per heavy atom. The quantitative estimate of drug-likeness (QED) is 0.611. The fraction of sp³-hybridized carbons (Fsp3) is 1.00. The number of ether oxygens (including phenoxy) is 3. The van der Waals surface area contributed by atoms with E-state index < -0.39 is 0 Å². The number of hydrogen-bond acceptors (Lipinski definition) is 5. The lowest BCUT2D eigenvalue weighted by atomic mass is 10.2. The first-order chi connectivity index (χ1) is 7.77. The molecular weight excluding hydrogens is 208 g/mol. The van der Waals surface area contributed by atoms with Crippen molar-refractivity contribution in [3.8, 4) is 0 Å². The highest BCUT2D eigenvalue weighted by Crippen LogP contribution is 2.10. The average Bonchev–Trinajstić information content (AvgIpc) is 2.31. The molecule has 0 aliphatic carbocycles. The first-order valence-electron chi connectivity index (χ1n) is 5.90. The van der Waals surface area contributed by atoms with Crippen LogP contribution in [0.5, 0.6) is 0 Å². The van der Waals surface area contributed by atoms with Crippen molar-refractivity contribution in [1.29, 1.82) is 0 Å². The second kappa shape index (κ2) is 7.97. The van der Waals surface area contributed by atoms with Gasteiger partial charge < -0.3 is 19.9 Å². The largest absolute Gasteiger partial charge is 0.382 e. The number of hydrogen-bond donors (Lipinski definition) is 1. The van der Waals surface area contributed by atoms with Gasteiger partial charge >= 0.3 is 0 Å². The molecule has 0 amide bonds. The van der Waals surface area contributed by atoms with E-state index in [0.717, 1.165) is 26.3 Å². The Morgan fingerprint density at radius 3 is 2.88 bits per heavy atom. The standard InChI is InChI=1S/C11H24N2O3/c1-10-9-16-11(7-12)8-13(10)3-4-15-6-5-14-2/h10-11H,3-9,12H2,1-2H3. The van der Waals surface area contributed by atoms with Crippen molar-refractivity contribution >= 4 is 0 Å². The molecule has 96 valence electrons. The van der Waals surface area contributed by atoms with Crippen molar-refractivity contribution in [1.82, 2.24) is 4.90 Å². The Labute approximate surface area is 97.8 Å². The van der Waals surface area contributed by atoms with Gasteiger partial charge in [-0.25, -0.2) is 0 Å². The van der Waals surface area contributed by atoms with Crippen LogP contribution in [0.2, 0.25) is 0 Å². The summed E-state index contributed by atoms with van der Waals surface area (Å²) < 4.78 is 16.0. The normalized spacial score (nSPS) is 27.2.